The first kappa shape index (κ1) is 10.8. The topological polar surface area (TPSA) is 37.6 Å². The van der Waals surface area contributed by atoms with Crippen LogP contribution in [0.2, 0.25) is 0 Å². The van der Waals surface area contributed by atoms with Crippen LogP contribution in [0.3, 0.4) is 0 Å². The molecule has 0 amide bonds. The first-order valence-corrected chi connectivity index (χ1v) is 5.91. The third-order valence-electron chi connectivity index (χ3n) is 2.92. The normalized spacial score (nSPS) is 14.3. The molecule has 0 saturated heterocycles. The zero-order valence-electron chi connectivity index (χ0n) is 10.1. The van der Waals surface area contributed by atoms with Crippen molar-refractivity contribution < 1.29 is 0 Å². The summed E-state index contributed by atoms with van der Waals surface area (Å²) in [5.41, 5.74) is 4.40. The molecule has 3 heteroatoms. The molecule has 1 aliphatic heterocycles. The van der Waals surface area contributed by atoms with Gasteiger partial charge in [0, 0.05) is 24.2 Å². The molecule has 1 aromatic heterocycles. The van der Waals surface area contributed by atoms with Crippen molar-refractivity contribution in [3.05, 3.63) is 53.7 Å². The van der Waals surface area contributed by atoms with Crippen LogP contribution in [0.25, 0.3) is 11.3 Å². The molecule has 0 aliphatic carbocycles. The van der Waals surface area contributed by atoms with E-state index in [4.69, 9.17) is 0 Å². The highest BCUT2D eigenvalue weighted by molar-refractivity contribution is 6.17. The minimum atomic E-state index is -0.0882. The lowest BCUT2D eigenvalue weighted by molar-refractivity contribution is 0.802. The van der Waals surface area contributed by atoms with Crippen LogP contribution in [-0.4, -0.2) is 17.4 Å². The summed E-state index contributed by atoms with van der Waals surface area (Å²) in [6, 6.07) is 12.3. The van der Waals surface area contributed by atoms with Crippen LogP contribution in [-0.2, 0) is 0 Å². The lowest BCUT2D eigenvalue weighted by Crippen LogP contribution is -1.91. The van der Waals surface area contributed by atoms with E-state index in [1.165, 1.54) is 5.56 Å². The highest BCUT2D eigenvalue weighted by Gasteiger charge is 2.10. The summed E-state index contributed by atoms with van der Waals surface area (Å²) in [5.74, 6) is 0. The molecule has 18 heavy (non-hydrogen) atoms. The Kier molecular flexibility index (Phi) is 2.73. The largest absolute Gasteiger partial charge is 0.260 e. The molecule has 0 fully saturated rings. The summed E-state index contributed by atoms with van der Waals surface area (Å²) in [4.78, 5) is 13.0. The van der Waals surface area contributed by atoms with E-state index in [1.54, 1.807) is 12.4 Å². The zero-order chi connectivity index (χ0) is 12.4. The first-order valence-electron chi connectivity index (χ1n) is 5.91. The van der Waals surface area contributed by atoms with Gasteiger partial charge in [0.25, 0.3) is 0 Å². The average Bonchev–Trinajstić information content (AvgIpc) is 2.93. The minimum Gasteiger partial charge on any atom is -0.260 e. The summed E-state index contributed by atoms with van der Waals surface area (Å²) in [6.45, 7) is 2.07. The van der Waals surface area contributed by atoms with Gasteiger partial charge in [0.1, 0.15) is 0 Å². The van der Waals surface area contributed by atoms with E-state index in [0.717, 1.165) is 16.8 Å². The van der Waals surface area contributed by atoms with Gasteiger partial charge in [-0.25, -0.2) is 0 Å². The molecular weight excluding hydrogens is 222 g/mol. The monoisotopic (exact) mass is 235 g/mol. The smallest absolute Gasteiger partial charge is 0.165 e. The second-order valence-electron chi connectivity index (χ2n) is 4.31. The van der Waals surface area contributed by atoms with Crippen molar-refractivity contribution in [3.63, 3.8) is 0 Å². The molecule has 0 saturated carbocycles. The molecule has 1 aromatic carbocycles. The van der Waals surface area contributed by atoms with Crippen LogP contribution in [0.15, 0.2) is 52.6 Å². The molecule has 0 atom stereocenters. The van der Waals surface area contributed by atoms with E-state index in [1.807, 2.05) is 24.4 Å². The van der Waals surface area contributed by atoms with Crippen molar-refractivity contribution in [3.8, 4) is 11.3 Å². The van der Waals surface area contributed by atoms with Crippen molar-refractivity contribution in [1.82, 2.24) is 4.98 Å². The van der Waals surface area contributed by atoms with Crippen LogP contribution in [0.5, 0.6) is 0 Å². The second-order valence-corrected chi connectivity index (χ2v) is 4.31. The van der Waals surface area contributed by atoms with Gasteiger partial charge < -0.3 is 0 Å². The van der Waals surface area contributed by atoms with Crippen LogP contribution < -0.4 is 0 Å². The van der Waals surface area contributed by atoms with Crippen molar-refractivity contribution in [2.45, 2.75) is 13.1 Å². The molecule has 0 radical (unpaired) electrons. The maximum atomic E-state index is 4.40. The van der Waals surface area contributed by atoms with Crippen LogP contribution in [0, 0.1) is 6.92 Å². The van der Waals surface area contributed by atoms with Crippen molar-refractivity contribution in [1.29, 1.82) is 0 Å². The predicted octanol–water partition coefficient (Wildman–Crippen LogP) is 3.21. The number of rotatable bonds is 2. The molecule has 3 rings (SSSR count). The molecule has 0 spiro atoms. The summed E-state index contributed by atoms with van der Waals surface area (Å²) in [6.07, 6.45) is 5.23. The molecule has 0 bridgehead atoms. The predicted molar refractivity (Wildman–Crippen MR) is 74.1 cm³/mol. The van der Waals surface area contributed by atoms with Gasteiger partial charge in [-0.2, -0.15) is 0 Å². The number of hydrogen-bond donors (Lipinski definition) is 0. The molecule has 88 valence electrons. The molecule has 3 nitrogen and oxygen atoms in total. The number of benzene rings is 1. The molecule has 0 unspecified atom stereocenters. The highest BCUT2D eigenvalue weighted by Crippen LogP contribution is 2.25. The Morgan fingerprint density at radius 2 is 1.83 bits per heavy atom. The van der Waals surface area contributed by atoms with Gasteiger partial charge in [-0.1, -0.05) is 18.2 Å². The van der Waals surface area contributed by atoms with Gasteiger partial charge in [-0.3, -0.25) is 15.0 Å². The number of aromatic nitrogens is 1. The Morgan fingerprint density at radius 1 is 1.00 bits per heavy atom. The van der Waals surface area contributed by atoms with Crippen molar-refractivity contribution >= 4 is 12.4 Å². The molecular formula is C15H13N3. The van der Waals surface area contributed by atoms with Crippen molar-refractivity contribution in [2.24, 2.45) is 9.98 Å². The van der Waals surface area contributed by atoms with E-state index < -0.39 is 0 Å². The third-order valence-corrected chi connectivity index (χ3v) is 2.92. The van der Waals surface area contributed by atoms with Gasteiger partial charge in [0.15, 0.2) is 6.17 Å². The molecule has 1 aliphatic rings. The quantitative estimate of drug-likeness (QED) is 0.787. The standard InChI is InChI=1S/C15H13N3/c1-11-5-6-16-14(9-11)12-3-2-4-13(10-12)15-17-7-8-18-15/h2-10,15H,1H3. The number of hydrogen-bond acceptors (Lipinski definition) is 3. The molecule has 0 N–H and O–H groups in total. The van der Waals surface area contributed by atoms with Crippen LogP contribution >= 0.6 is 0 Å². The maximum Gasteiger partial charge on any atom is 0.165 e. The lowest BCUT2D eigenvalue weighted by Gasteiger charge is -2.07. The van der Waals surface area contributed by atoms with Crippen LogP contribution in [0.4, 0.5) is 0 Å². The van der Waals surface area contributed by atoms with Gasteiger partial charge in [-0.15, -0.1) is 0 Å². The highest BCUT2D eigenvalue weighted by atomic mass is 15.0. The fraction of sp³-hybridized carbons (Fsp3) is 0.133. The third kappa shape index (κ3) is 2.07. The van der Waals surface area contributed by atoms with Gasteiger partial charge in [0.2, 0.25) is 0 Å². The average molecular weight is 235 g/mol. The SMILES string of the molecule is Cc1ccnc(-c2cccc(C3N=CC=N3)c2)c1. The summed E-state index contributed by atoms with van der Waals surface area (Å²) in [5, 5.41) is 0. The molecule has 2 aromatic rings. The fourth-order valence-electron chi connectivity index (χ4n) is 2.00. The van der Waals surface area contributed by atoms with Gasteiger partial charge >= 0.3 is 0 Å². The van der Waals surface area contributed by atoms with Crippen molar-refractivity contribution in [2.75, 3.05) is 0 Å². The Bertz CT molecular complexity index is 617. The van der Waals surface area contributed by atoms with E-state index in [0.29, 0.717) is 0 Å². The second kappa shape index (κ2) is 4.53. The summed E-state index contributed by atoms with van der Waals surface area (Å²) in [7, 11) is 0. The van der Waals surface area contributed by atoms with Gasteiger partial charge in [-0.05, 0) is 36.2 Å². The Hall–Kier alpha value is -2.29. The maximum absolute atomic E-state index is 4.40. The van der Waals surface area contributed by atoms with E-state index in [2.05, 4.69) is 40.1 Å². The number of aryl methyl sites for hydroxylation is 1. The summed E-state index contributed by atoms with van der Waals surface area (Å²) < 4.78 is 0. The van der Waals surface area contributed by atoms with Gasteiger partial charge in [0.05, 0.1) is 5.69 Å². The Balaban J connectivity index is 2.00. The number of aliphatic imine (C=N–C) groups is 2. The zero-order valence-corrected chi connectivity index (χ0v) is 10.1. The number of pyridine rings is 1. The molecule has 2 heterocycles. The number of nitrogens with zero attached hydrogens (tertiary/aromatic N) is 3. The lowest BCUT2D eigenvalue weighted by atomic mass is 10.1. The minimum absolute atomic E-state index is 0.0882. The summed E-state index contributed by atoms with van der Waals surface area (Å²) >= 11 is 0. The van der Waals surface area contributed by atoms with E-state index in [-0.39, 0.29) is 6.17 Å². The fourth-order valence-corrected chi connectivity index (χ4v) is 2.00. The Morgan fingerprint density at radius 3 is 2.61 bits per heavy atom. The van der Waals surface area contributed by atoms with Crippen LogP contribution in [0.1, 0.15) is 17.3 Å². The Labute approximate surface area is 106 Å². The van der Waals surface area contributed by atoms with E-state index >= 15 is 0 Å². The van der Waals surface area contributed by atoms with E-state index in [9.17, 15) is 0 Å². The first-order chi connectivity index (χ1) is 8.83.